The second kappa shape index (κ2) is 8.75. The lowest BCUT2D eigenvalue weighted by Gasteiger charge is -2.33. The van der Waals surface area contributed by atoms with E-state index in [0.29, 0.717) is 17.7 Å². The van der Waals surface area contributed by atoms with Gasteiger partial charge >= 0.3 is 5.97 Å². The average molecular weight is 410 g/mol. The number of likely N-dealkylation sites (tertiary alicyclic amines) is 1. The second-order valence-corrected chi connectivity index (χ2v) is 7.81. The van der Waals surface area contributed by atoms with Crippen LogP contribution in [-0.2, 0) is 4.79 Å². The van der Waals surface area contributed by atoms with Gasteiger partial charge in [0, 0.05) is 35.4 Å². The summed E-state index contributed by atoms with van der Waals surface area (Å²) >= 11 is 0. The molecule has 6 nitrogen and oxygen atoms in total. The number of aliphatic carboxylic acids is 1. The van der Waals surface area contributed by atoms with E-state index in [9.17, 15) is 19.1 Å². The third-order valence-corrected chi connectivity index (χ3v) is 5.76. The fourth-order valence-electron chi connectivity index (χ4n) is 4.21. The number of rotatable bonds is 7. The Kier molecular flexibility index (Phi) is 5.90. The number of benzene rings is 2. The molecule has 0 spiro atoms. The maximum atomic E-state index is 13.4. The molecule has 0 saturated carbocycles. The van der Waals surface area contributed by atoms with Crippen molar-refractivity contribution in [3.05, 3.63) is 65.6 Å². The maximum absolute atomic E-state index is 13.4. The molecule has 4 rings (SSSR count). The third kappa shape index (κ3) is 4.41. The van der Waals surface area contributed by atoms with Gasteiger partial charge in [-0.05, 0) is 38.1 Å². The van der Waals surface area contributed by atoms with Crippen LogP contribution in [0.5, 0.6) is 0 Å². The topological polar surface area (TPSA) is 83.6 Å². The SMILES string of the molecule is O=C(O)CC(CN1CCC(c2noc3cc(F)ccc23)CC1)C(=O)c1ccccc1. The number of hydrogen-bond donors (Lipinski definition) is 1. The van der Waals surface area contributed by atoms with Gasteiger partial charge in [0.25, 0.3) is 0 Å². The summed E-state index contributed by atoms with van der Waals surface area (Å²) in [6, 6.07) is 13.3. The predicted molar refractivity (Wildman–Crippen MR) is 109 cm³/mol. The van der Waals surface area contributed by atoms with Gasteiger partial charge in [0.05, 0.1) is 12.1 Å². The first-order valence-electron chi connectivity index (χ1n) is 10.1. The molecule has 1 aliphatic heterocycles. The molecule has 1 saturated heterocycles. The largest absolute Gasteiger partial charge is 0.481 e. The molecule has 1 N–H and O–H groups in total. The molecule has 1 unspecified atom stereocenters. The zero-order valence-corrected chi connectivity index (χ0v) is 16.5. The van der Waals surface area contributed by atoms with Crippen LogP contribution >= 0.6 is 0 Å². The molecule has 0 radical (unpaired) electrons. The monoisotopic (exact) mass is 410 g/mol. The molecule has 1 aliphatic rings. The Hall–Kier alpha value is -3.06. The lowest BCUT2D eigenvalue weighted by Crippen LogP contribution is -2.39. The summed E-state index contributed by atoms with van der Waals surface area (Å²) in [5.41, 5.74) is 1.83. The average Bonchev–Trinajstić information content (AvgIpc) is 3.16. The van der Waals surface area contributed by atoms with Crippen molar-refractivity contribution >= 4 is 22.7 Å². The van der Waals surface area contributed by atoms with Gasteiger partial charge in [-0.3, -0.25) is 9.59 Å². The van der Waals surface area contributed by atoms with Crippen molar-refractivity contribution in [1.82, 2.24) is 10.1 Å². The molecule has 0 amide bonds. The standard InChI is InChI=1S/C23H23FN2O4/c24-18-6-7-19-20(13-18)30-25-22(19)15-8-10-26(11-9-15)14-17(12-21(27)28)23(29)16-4-2-1-3-5-16/h1-7,13,15,17H,8-12,14H2,(H,27,28). The van der Waals surface area contributed by atoms with Crippen LogP contribution in [0, 0.1) is 11.7 Å². The smallest absolute Gasteiger partial charge is 0.304 e. The van der Waals surface area contributed by atoms with Crippen molar-refractivity contribution in [2.45, 2.75) is 25.2 Å². The summed E-state index contributed by atoms with van der Waals surface area (Å²) in [7, 11) is 0. The Labute approximate surface area is 173 Å². The molecule has 0 aliphatic carbocycles. The molecular formula is C23H23FN2O4. The molecule has 2 heterocycles. The number of nitrogens with zero attached hydrogens (tertiary/aromatic N) is 2. The summed E-state index contributed by atoms with van der Waals surface area (Å²) < 4.78 is 18.7. The molecule has 7 heteroatoms. The van der Waals surface area contributed by atoms with Crippen molar-refractivity contribution in [2.75, 3.05) is 19.6 Å². The maximum Gasteiger partial charge on any atom is 0.304 e. The minimum atomic E-state index is -0.972. The normalized spacial score (nSPS) is 16.6. The summed E-state index contributed by atoms with van der Waals surface area (Å²) in [6.45, 7) is 1.88. The number of hydrogen-bond acceptors (Lipinski definition) is 5. The number of fused-ring (bicyclic) bond motifs is 1. The number of aromatic nitrogens is 1. The van der Waals surface area contributed by atoms with E-state index >= 15 is 0 Å². The van der Waals surface area contributed by atoms with Gasteiger partial charge < -0.3 is 14.5 Å². The highest BCUT2D eigenvalue weighted by atomic mass is 19.1. The lowest BCUT2D eigenvalue weighted by molar-refractivity contribution is -0.137. The highest BCUT2D eigenvalue weighted by Crippen LogP contribution is 2.33. The van der Waals surface area contributed by atoms with Crippen molar-refractivity contribution in [3.63, 3.8) is 0 Å². The Morgan fingerprint density at radius 2 is 1.90 bits per heavy atom. The van der Waals surface area contributed by atoms with E-state index in [1.54, 1.807) is 30.3 Å². The van der Waals surface area contributed by atoms with Crippen molar-refractivity contribution in [2.24, 2.45) is 5.92 Å². The van der Waals surface area contributed by atoms with Crippen LogP contribution in [0.2, 0.25) is 0 Å². The van der Waals surface area contributed by atoms with Crippen LogP contribution in [0.25, 0.3) is 11.0 Å². The zero-order valence-electron chi connectivity index (χ0n) is 16.5. The van der Waals surface area contributed by atoms with E-state index in [4.69, 9.17) is 4.52 Å². The lowest BCUT2D eigenvalue weighted by atomic mass is 9.89. The first-order chi connectivity index (χ1) is 14.5. The quantitative estimate of drug-likeness (QED) is 0.590. The Morgan fingerprint density at radius 1 is 1.17 bits per heavy atom. The summed E-state index contributed by atoms with van der Waals surface area (Å²) in [5.74, 6) is -1.86. The molecule has 156 valence electrons. The van der Waals surface area contributed by atoms with E-state index in [0.717, 1.165) is 37.0 Å². The van der Waals surface area contributed by atoms with Crippen LogP contribution in [-0.4, -0.2) is 46.5 Å². The molecule has 30 heavy (non-hydrogen) atoms. The van der Waals surface area contributed by atoms with E-state index < -0.39 is 11.9 Å². The minimum Gasteiger partial charge on any atom is -0.481 e. The Morgan fingerprint density at radius 3 is 2.60 bits per heavy atom. The number of ketones is 1. The molecular weight excluding hydrogens is 387 g/mol. The highest BCUT2D eigenvalue weighted by molar-refractivity contribution is 5.99. The Balaban J connectivity index is 1.42. The van der Waals surface area contributed by atoms with Crippen molar-refractivity contribution in [1.29, 1.82) is 0 Å². The summed E-state index contributed by atoms with van der Waals surface area (Å²) in [6.07, 6.45) is 1.45. The van der Waals surface area contributed by atoms with Gasteiger partial charge in [-0.2, -0.15) is 0 Å². The van der Waals surface area contributed by atoms with E-state index in [2.05, 4.69) is 10.1 Å². The number of piperidine rings is 1. The van der Waals surface area contributed by atoms with Gasteiger partial charge in [0.15, 0.2) is 11.4 Å². The van der Waals surface area contributed by atoms with Crippen LogP contribution in [0.4, 0.5) is 4.39 Å². The summed E-state index contributed by atoms with van der Waals surface area (Å²) in [5, 5.41) is 14.3. The summed E-state index contributed by atoms with van der Waals surface area (Å²) in [4.78, 5) is 26.3. The van der Waals surface area contributed by atoms with Crippen LogP contribution in [0.1, 0.15) is 41.2 Å². The molecule has 1 aromatic heterocycles. The van der Waals surface area contributed by atoms with E-state index in [-0.39, 0.29) is 23.9 Å². The van der Waals surface area contributed by atoms with E-state index in [1.165, 1.54) is 12.1 Å². The molecule has 1 fully saturated rings. The molecule has 0 bridgehead atoms. The number of Topliss-reactive ketones (excluding diaryl/α,β-unsaturated/α-hetero) is 1. The van der Waals surface area contributed by atoms with Gasteiger partial charge in [-0.25, -0.2) is 4.39 Å². The molecule has 2 aromatic carbocycles. The van der Waals surface area contributed by atoms with Crippen LogP contribution in [0.15, 0.2) is 53.1 Å². The second-order valence-electron chi connectivity index (χ2n) is 7.81. The van der Waals surface area contributed by atoms with Crippen LogP contribution < -0.4 is 0 Å². The van der Waals surface area contributed by atoms with Gasteiger partial charge in [0.2, 0.25) is 0 Å². The first kappa shape index (κ1) is 20.2. The Bertz CT molecular complexity index is 1040. The minimum absolute atomic E-state index is 0.135. The number of carboxylic acids is 1. The fourth-order valence-corrected chi connectivity index (χ4v) is 4.21. The number of carbonyl (C=O) groups excluding carboxylic acids is 1. The first-order valence-corrected chi connectivity index (χ1v) is 10.1. The van der Waals surface area contributed by atoms with E-state index in [1.807, 2.05) is 6.07 Å². The number of halogens is 1. The number of carboxylic acid groups (broad SMARTS) is 1. The van der Waals surface area contributed by atoms with Gasteiger partial charge in [0.1, 0.15) is 5.82 Å². The highest BCUT2D eigenvalue weighted by Gasteiger charge is 2.29. The number of carbonyl (C=O) groups is 2. The van der Waals surface area contributed by atoms with Crippen molar-refractivity contribution < 1.29 is 23.6 Å². The zero-order chi connectivity index (χ0) is 21.1. The molecule has 3 aromatic rings. The fraction of sp³-hybridized carbons (Fsp3) is 0.348. The van der Waals surface area contributed by atoms with Gasteiger partial charge in [-0.15, -0.1) is 0 Å². The van der Waals surface area contributed by atoms with Crippen LogP contribution in [0.3, 0.4) is 0 Å². The van der Waals surface area contributed by atoms with Crippen molar-refractivity contribution in [3.8, 4) is 0 Å². The van der Waals surface area contributed by atoms with Gasteiger partial charge in [-0.1, -0.05) is 35.5 Å². The third-order valence-electron chi connectivity index (χ3n) is 5.76. The predicted octanol–water partition coefficient (Wildman–Crippen LogP) is 4.12. The molecule has 1 atom stereocenters.